The van der Waals surface area contributed by atoms with E-state index in [0.29, 0.717) is 44.4 Å². The van der Waals surface area contributed by atoms with Crippen molar-refractivity contribution in [1.29, 1.82) is 0 Å². The van der Waals surface area contributed by atoms with Gasteiger partial charge in [-0.15, -0.1) is 0 Å². The quantitative estimate of drug-likeness (QED) is 0.682. The Kier molecular flexibility index (Phi) is 6.40. The van der Waals surface area contributed by atoms with Gasteiger partial charge in [0.05, 0.1) is 18.7 Å². The van der Waals surface area contributed by atoms with Crippen molar-refractivity contribution >= 4 is 15.9 Å². The van der Waals surface area contributed by atoms with Gasteiger partial charge in [0, 0.05) is 44.8 Å². The number of piperidine rings is 1. The summed E-state index contributed by atoms with van der Waals surface area (Å²) in [6.45, 7) is 6.04. The van der Waals surface area contributed by atoms with E-state index in [2.05, 4.69) is 15.0 Å². The van der Waals surface area contributed by atoms with E-state index in [4.69, 9.17) is 4.52 Å². The normalized spacial score (nSPS) is 21.4. The predicted octanol–water partition coefficient (Wildman–Crippen LogP) is 1.36. The molecule has 4 rings (SSSR count). The maximum Gasteiger partial charge on any atom is 0.241 e. The second kappa shape index (κ2) is 9.05. The Labute approximate surface area is 183 Å². The molecule has 31 heavy (non-hydrogen) atoms. The number of nitrogens with zero attached hydrogens (tertiary/aromatic N) is 5. The number of sulfonamides is 1. The molecule has 0 spiro atoms. The largest absolute Gasteiger partial charge is 0.340 e. The summed E-state index contributed by atoms with van der Waals surface area (Å²) in [4.78, 5) is 21.5. The van der Waals surface area contributed by atoms with E-state index in [9.17, 15) is 13.2 Å². The van der Waals surface area contributed by atoms with E-state index < -0.39 is 10.0 Å². The molecule has 0 aliphatic carbocycles. The molecule has 3 heterocycles. The van der Waals surface area contributed by atoms with Crippen LogP contribution in [0.4, 0.5) is 0 Å². The number of carbonyl (C=O) groups excluding carboxylic acids is 1. The van der Waals surface area contributed by atoms with Crippen LogP contribution in [0.1, 0.15) is 24.3 Å². The lowest BCUT2D eigenvalue weighted by atomic mass is 9.98. The first-order valence-corrected chi connectivity index (χ1v) is 12.5. The highest BCUT2D eigenvalue weighted by atomic mass is 32.2. The highest BCUT2D eigenvalue weighted by Gasteiger charge is 2.33. The van der Waals surface area contributed by atoms with Crippen LogP contribution in [0.5, 0.6) is 0 Å². The van der Waals surface area contributed by atoms with Gasteiger partial charge in [0.2, 0.25) is 27.6 Å². The summed E-state index contributed by atoms with van der Waals surface area (Å²) in [6.07, 6.45) is 2.68. The summed E-state index contributed by atoms with van der Waals surface area (Å²) >= 11 is 0. The van der Waals surface area contributed by atoms with Crippen molar-refractivity contribution in [3.05, 3.63) is 35.7 Å². The van der Waals surface area contributed by atoms with Crippen LogP contribution >= 0.6 is 0 Å². The fourth-order valence-corrected chi connectivity index (χ4v) is 5.18. The smallest absolute Gasteiger partial charge is 0.241 e. The molecule has 0 N–H and O–H groups in total. The standard InChI is InChI=1S/C21H29N5O4S/c1-16-6-3-4-8-18(16)20-22-19(30-23-20)15-24-10-12-25(13-11-24)21(27)17-7-5-9-26(14-17)31(2,28)29/h3-4,6,8,17H,5,7,9-15H2,1-2H3. The van der Waals surface area contributed by atoms with Crippen molar-refractivity contribution in [3.63, 3.8) is 0 Å². The lowest BCUT2D eigenvalue weighted by molar-refractivity contribution is -0.138. The molecule has 10 heteroatoms. The number of piperazine rings is 1. The molecule has 168 valence electrons. The zero-order valence-corrected chi connectivity index (χ0v) is 18.8. The highest BCUT2D eigenvalue weighted by molar-refractivity contribution is 7.88. The van der Waals surface area contributed by atoms with Crippen LogP contribution < -0.4 is 0 Å². The van der Waals surface area contributed by atoms with E-state index in [1.165, 1.54) is 10.6 Å². The summed E-state index contributed by atoms with van der Waals surface area (Å²) < 4.78 is 30.5. The lowest BCUT2D eigenvalue weighted by Gasteiger charge is -2.38. The van der Waals surface area contributed by atoms with Gasteiger partial charge in [0.1, 0.15) is 0 Å². The third-order valence-electron chi connectivity index (χ3n) is 6.10. The van der Waals surface area contributed by atoms with Crippen molar-refractivity contribution in [2.24, 2.45) is 5.92 Å². The van der Waals surface area contributed by atoms with Gasteiger partial charge in [0.25, 0.3) is 0 Å². The van der Waals surface area contributed by atoms with Crippen LogP contribution in [0.15, 0.2) is 28.8 Å². The average molecular weight is 448 g/mol. The highest BCUT2D eigenvalue weighted by Crippen LogP contribution is 2.23. The van der Waals surface area contributed by atoms with Crippen LogP contribution in [-0.2, 0) is 21.4 Å². The van der Waals surface area contributed by atoms with Gasteiger partial charge in [-0.2, -0.15) is 4.98 Å². The lowest BCUT2D eigenvalue weighted by Crippen LogP contribution is -2.52. The topological polar surface area (TPSA) is 99.9 Å². The second-order valence-electron chi connectivity index (χ2n) is 8.39. The van der Waals surface area contributed by atoms with Crippen LogP contribution in [-0.4, -0.2) is 84.1 Å². The number of hydrogen-bond donors (Lipinski definition) is 0. The zero-order chi connectivity index (χ0) is 22.0. The van der Waals surface area contributed by atoms with Gasteiger partial charge in [-0.05, 0) is 25.3 Å². The van der Waals surface area contributed by atoms with E-state index in [-0.39, 0.29) is 11.8 Å². The Bertz CT molecular complexity index is 1030. The predicted molar refractivity (Wildman–Crippen MR) is 115 cm³/mol. The van der Waals surface area contributed by atoms with E-state index >= 15 is 0 Å². The van der Waals surface area contributed by atoms with Crippen molar-refractivity contribution in [2.75, 3.05) is 45.5 Å². The molecule has 1 aromatic heterocycles. The first kappa shape index (κ1) is 21.9. The Hall–Kier alpha value is -2.30. The molecule has 1 amide bonds. The SMILES string of the molecule is Cc1ccccc1-c1noc(CN2CCN(C(=O)C3CCCN(S(C)(=O)=O)C3)CC2)n1. The Morgan fingerprint density at radius 2 is 1.90 bits per heavy atom. The molecule has 1 unspecified atom stereocenters. The second-order valence-corrected chi connectivity index (χ2v) is 10.4. The molecular weight excluding hydrogens is 418 g/mol. The molecule has 1 aromatic carbocycles. The van der Waals surface area contributed by atoms with Gasteiger partial charge in [-0.25, -0.2) is 12.7 Å². The minimum absolute atomic E-state index is 0.0626. The molecule has 2 aromatic rings. The van der Waals surface area contributed by atoms with Gasteiger partial charge in [0.15, 0.2) is 0 Å². The summed E-state index contributed by atoms with van der Waals surface area (Å²) in [5, 5.41) is 4.11. The first-order chi connectivity index (χ1) is 14.8. The molecule has 2 aliphatic rings. The van der Waals surface area contributed by atoms with Crippen molar-refractivity contribution in [1.82, 2.24) is 24.2 Å². The number of amides is 1. The number of aryl methyl sites for hydroxylation is 1. The summed E-state index contributed by atoms with van der Waals surface area (Å²) in [5.41, 5.74) is 2.06. The average Bonchev–Trinajstić information content (AvgIpc) is 3.22. The Morgan fingerprint density at radius 1 is 1.16 bits per heavy atom. The van der Waals surface area contributed by atoms with Crippen molar-refractivity contribution < 1.29 is 17.7 Å². The molecule has 0 radical (unpaired) electrons. The summed E-state index contributed by atoms with van der Waals surface area (Å²) in [5.74, 6) is 0.971. The molecule has 2 saturated heterocycles. The maximum atomic E-state index is 12.9. The maximum absolute atomic E-state index is 12.9. The van der Waals surface area contributed by atoms with Crippen LogP contribution in [0, 0.1) is 12.8 Å². The number of rotatable bonds is 5. The Morgan fingerprint density at radius 3 is 2.61 bits per heavy atom. The first-order valence-electron chi connectivity index (χ1n) is 10.7. The fraction of sp³-hybridized carbons (Fsp3) is 0.571. The third kappa shape index (κ3) is 5.13. The minimum atomic E-state index is -3.26. The van der Waals surface area contributed by atoms with Gasteiger partial charge in [-0.3, -0.25) is 9.69 Å². The monoisotopic (exact) mass is 447 g/mol. The minimum Gasteiger partial charge on any atom is -0.340 e. The van der Waals surface area contributed by atoms with Crippen molar-refractivity contribution in [3.8, 4) is 11.4 Å². The summed E-state index contributed by atoms with van der Waals surface area (Å²) in [6, 6.07) is 7.93. The van der Waals surface area contributed by atoms with Gasteiger partial charge < -0.3 is 9.42 Å². The molecule has 1 atom stereocenters. The van der Waals surface area contributed by atoms with Crippen LogP contribution in [0.25, 0.3) is 11.4 Å². The molecule has 9 nitrogen and oxygen atoms in total. The van der Waals surface area contributed by atoms with Crippen LogP contribution in [0.2, 0.25) is 0 Å². The van der Waals surface area contributed by atoms with Crippen molar-refractivity contribution in [2.45, 2.75) is 26.3 Å². The van der Waals surface area contributed by atoms with E-state index in [0.717, 1.165) is 37.1 Å². The molecular formula is C21H29N5O4S. The fourth-order valence-electron chi connectivity index (χ4n) is 4.27. The van der Waals surface area contributed by atoms with E-state index in [1.54, 1.807) is 0 Å². The zero-order valence-electron chi connectivity index (χ0n) is 18.0. The Balaban J connectivity index is 1.30. The van der Waals surface area contributed by atoms with E-state index in [1.807, 2.05) is 36.1 Å². The van der Waals surface area contributed by atoms with Crippen LogP contribution in [0.3, 0.4) is 0 Å². The molecule has 0 saturated carbocycles. The number of benzene rings is 1. The number of aromatic nitrogens is 2. The number of hydrogen-bond acceptors (Lipinski definition) is 7. The molecule has 0 bridgehead atoms. The molecule has 2 aliphatic heterocycles. The number of carbonyl (C=O) groups is 1. The molecule has 2 fully saturated rings. The third-order valence-corrected chi connectivity index (χ3v) is 7.37. The summed E-state index contributed by atoms with van der Waals surface area (Å²) in [7, 11) is -3.26. The van der Waals surface area contributed by atoms with Gasteiger partial charge in [-0.1, -0.05) is 29.4 Å². The van der Waals surface area contributed by atoms with Gasteiger partial charge >= 0.3 is 0 Å².